The summed E-state index contributed by atoms with van der Waals surface area (Å²) >= 11 is 0. The van der Waals surface area contributed by atoms with Crippen LogP contribution in [0.3, 0.4) is 0 Å². The van der Waals surface area contributed by atoms with Gasteiger partial charge in [-0.1, -0.05) is 0 Å². The number of hydrogen-bond donors (Lipinski definition) is 0. The standard InChI is InChI=1S/C15H17FN2O2/c1-4-20-15(19)13-9-17-18(10(2)3)14(13)11-5-7-12(16)8-6-11/h5-10H,4H2,1-3H3. The quantitative estimate of drug-likeness (QED) is 0.803. The van der Waals surface area contributed by atoms with Crippen molar-refractivity contribution in [1.29, 1.82) is 0 Å². The Morgan fingerprint density at radius 3 is 2.55 bits per heavy atom. The number of nitrogens with zero attached hydrogens (tertiary/aromatic N) is 2. The smallest absolute Gasteiger partial charge is 0.341 e. The van der Waals surface area contributed by atoms with E-state index < -0.39 is 5.97 Å². The molecule has 4 nitrogen and oxygen atoms in total. The second-order valence-corrected chi connectivity index (χ2v) is 4.67. The first-order valence-electron chi connectivity index (χ1n) is 6.55. The molecule has 0 spiro atoms. The van der Waals surface area contributed by atoms with Gasteiger partial charge in [0.05, 0.1) is 18.5 Å². The van der Waals surface area contributed by atoms with Crippen LogP contribution >= 0.6 is 0 Å². The predicted molar refractivity (Wildman–Crippen MR) is 74.0 cm³/mol. The van der Waals surface area contributed by atoms with Gasteiger partial charge in [0.1, 0.15) is 11.4 Å². The first kappa shape index (κ1) is 14.2. The van der Waals surface area contributed by atoms with E-state index in [9.17, 15) is 9.18 Å². The van der Waals surface area contributed by atoms with E-state index in [4.69, 9.17) is 4.74 Å². The van der Waals surface area contributed by atoms with Gasteiger partial charge in [0.2, 0.25) is 0 Å². The molecule has 0 aliphatic carbocycles. The average Bonchev–Trinajstić information content (AvgIpc) is 2.84. The van der Waals surface area contributed by atoms with E-state index in [0.717, 1.165) is 5.56 Å². The Morgan fingerprint density at radius 1 is 1.35 bits per heavy atom. The third kappa shape index (κ3) is 2.71. The molecule has 5 heteroatoms. The molecule has 0 radical (unpaired) electrons. The first-order valence-corrected chi connectivity index (χ1v) is 6.55. The van der Waals surface area contributed by atoms with Gasteiger partial charge in [-0.05, 0) is 45.0 Å². The van der Waals surface area contributed by atoms with Crippen molar-refractivity contribution in [2.75, 3.05) is 6.61 Å². The van der Waals surface area contributed by atoms with Crippen LogP contribution in [0.5, 0.6) is 0 Å². The van der Waals surface area contributed by atoms with Gasteiger partial charge in [-0.25, -0.2) is 9.18 Å². The fraction of sp³-hybridized carbons (Fsp3) is 0.333. The Balaban J connectivity index is 2.55. The van der Waals surface area contributed by atoms with Crippen molar-refractivity contribution in [1.82, 2.24) is 9.78 Å². The molecule has 2 rings (SSSR count). The summed E-state index contributed by atoms with van der Waals surface area (Å²) in [6, 6.07) is 6.07. The summed E-state index contributed by atoms with van der Waals surface area (Å²) in [6.07, 6.45) is 1.50. The maximum Gasteiger partial charge on any atom is 0.341 e. The number of carbonyl (C=O) groups excluding carboxylic acids is 1. The van der Waals surface area contributed by atoms with E-state index in [2.05, 4.69) is 5.10 Å². The highest BCUT2D eigenvalue weighted by Gasteiger charge is 2.21. The molecule has 0 atom stereocenters. The molecule has 1 aromatic carbocycles. The third-order valence-corrected chi connectivity index (χ3v) is 2.90. The number of benzene rings is 1. The Labute approximate surface area is 117 Å². The van der Waals surface area contributed by atoms with Gasteiger partial charge in [-0.2, -0.15) is 5.10 Å². The lowest BCUT2D eigenvalue weighted by atomic mass is 10.1. The van der Waals surface area contributed by atoms with E-state index in [0.29, 0.717) is 17.9 Å². The van der Waals surface area contributed by atoms with Crippen LogP contribution in [0.25, 0.3) is 11.3 Å². The summed E-state index contributed by atoms with van der Waals surface area (Å²) in [5, 5.41) is 4.24. The van der Waals surface area contributed by atoms with Crippen molar-refractivity contribution < 1.29 is 13.9 Å². The van der Waals surface area contributed by atoms with Gasteiger partial charge in [0, 0.05) is 11.6 Å². The molecule has 0 aliphatic rings. The van der Waals surface area contributed by atoms with Gasteiger partial charge >= 0.3 is 5.97 Å². The minimum atomic E-state index is -0.418. The summed E-state index contributed by atoms with van der Waals surface area (Å²) < 4.78 is 19.8. The second kappa shape index (κ2) is 5.86. The molecular formula is C15H17FN2O2. The van der Waals surface area contributed by atoms with Crippen LogP contribution in [-0.2, 0) is 4.74 Å². The van der Waals surface area contributed by atoms with E-state index in [1.165, 1.54) is 18.3 Å². The van der Waals surface area contributed by atoms with Crippen LogP contribution < -0.4 is 0 Å². The minimum absolute atomic E-state index is 0.0817. The highest BCUT2D eigenvalue weighted by molar-refractivity contribution is 5.96. The minimum Gasteiger partial charge on any atom is -0.462 e. The molecule has 0 bridgehead atoms. The predicted octanol–water partition coefficient (Wildman–Crippen LogP) is 3.45. The van der Waals surface area contributed by atoms with Crippen LogP contribution in [0.4, 0.5) is 4.39 Å². The summed E-state index contributed by atoms with van der Waals surface area (Å²) in [7, 11) is 0. The zero-order valence-electron chi connectivity index (χ0n) is 11.8. The molecular weight excluding hydrogens is 259 g/mol. The molecule has 1 aromatic heterocycles. The van der Waals surface area contributed by atoms with Crippen molar-refractivity contribution in [3.8, 4) is 11.3 Å². The van der Waals surface area contributed by atoms with E-state index in [1.54, 1.807) is 23.7 Å². The van der Waals surface area contributed by atoms with Gasteiger partial charge in [-0.3, -0.25) is 4.68 Å². The van der Waals surface area contributed by atoms with Crippen molar-refractivity contribution in [3.63, 3.8) is 0 Å². The number of halogens is 1. The van der Waals surface area contributed by atoms with Crippen molar-refractivity contribution in [2.24, 2.45) is 0 Å². The summed E-state index contributed by atoms with van der Waals surface area (Å²) in [5.74, 6) is -0.735. The fourth-order valence-electron chi connectivity index (χ4n) is 2.01. The van der Waals surface area contributed by atoms with Crippen molar-refractivity contribution in [3.05, 3.63) is 41.8 Å². The molecule has 0 saturated carbocycles. The average molecular weight is 276 g/mol. The zero-order valence-corrected chi connectivity index (χ0v) is 11.8. The van der Waals surface area contributed by atoms with Crippen LogP contribution in [0, 0.1) is 5.82 Å². The van der Waals surface area contributed by atoms with E-state index in [-0.39, 0.29) is 11.9 Å². The summed E-state index contributed by atoms with van der Waals surface area (Å²) in [5.41, 5.74) is 1.78. The molecule has 0 saturated heterocycles. The van der Waals surface area contributed by atoms with Gasteiger partial charge in [0.25, 0.3) is 0 Å². The molecule has 0 aliphatic heterocycles. The third-order valence-electron chi connectivity index (χ3n) is 2.90. The molecule has 20 heavy (non-hydrogen) atoms. The number of aromatic nitrogens is 2. The summed E-state index contributed by atoms with van der Waals surface area (Å²) in [6.45, 7) is 5.99. The topological polar surface area (TPSA) is 44.1 Å². The number of rotatable bonds is 4. The van der Waals surface area contributed by atoms with Crippen LogP contribution in [-0.4, -0.2) is 22.4 Å². The Bertz CT molecular complexity index is 603. The molecule has 2 aromatic rings. The normalized spacial score (nSPS) is 10.8. The van der Waals surface area contributed by atoms with Crippen molar-refractivity contribution >= 4 is 5.97 Å². The Kier molecular flexibility index (Phi) is 4.17. The fourth-order valence-corrected chi connectivity index (χ4v) is 2.01. The molecule has 0 fully saturated rings. The lowest BCUT2D eigenvalue weighted by molar-refractivity contribution is 0.0527. The molecule has 0 N–H and O–H groups in total. The zero-order chi connectivity index (χ0) is 14.7. The first-order chi connectivity index (χ1) is 9.54. The van der Waals surface area contributed by atoms with Gasteiger partial charge in [-0.15, -0.1) is 0 Å². The number of esters is 1. The van der Waals surface area contributed by atoms with Crippen LogP contribution in [0.15, 0.2) is 30.5 Å². The Morgan fingerprint density at radius 2 is 2.00 bits per heavy atom. The maximum absolute atomic E-state index is 13.1. The summed E-state index contributed by atoms with van der Waals surface area (Å²) in [4.78, 5) is 12.0. The van der Waals surface area contributed by atoms with Crippen molar-refractivity contribution in [2.45, 2.75) is 26.8 Å². The highest BCUT2D eigenvalue weighted by atomic mass is 19.1. The largest absolute Gasteiger partial charge is 0.462 e. The Hall–Kier alpha value is -2.17. The second-order valence-electron chi connectivity index (χ2n) is 4.67. The number of carbonyl (C=O) groups is 1. The molecule has 0 amide bonds. The van der Waals surface area contributed by atoms with Gasteiger partial charge < -0.3 is 4.74 Å². The van der Waals surface area contributed by atoms with E-state index >= 15 is 0 Å². The number of ether oxygens (including phenoxy) is 1. The van der Waals surface area contributed by atoms with E-state index in [1.807, 2.05) is 13.8 Å². The molecule has 106 valence electrons. The number of hydrogen-bond acceptors (Lipinski definition) is 3. The monoisotopic (exact) mass is 276 g/mol. The maximum atomic E-state index is 13.1. The lowest BCUT2D eigenvalue weighted by Gasteiger charge is -2.12. The SMILES string of the molecule is CCOC(=O)c1cnn(C(C)C)c1-c1ccc(F)cc1. The lowest BCUT2D eigenvalue weighted by Crippen LogP contribution is -2.09. The van der Waals surface area contributed by atoms with Crippen LogP contribution in [0.2, 0.25) is 0 Å². The highest BCUT2D eigenvalue weighted by Crippen LogP contribution is 2.27. The molecule has 0 unspecified atom stereocenters. The van der Waals surface area contributed by atoms with Crippen LogP contribution in [0.1, 0.15) is 37.2 Å². The molecule has 1 heterocycles. The van der Waals surface area contributed by atoms with Gasteiger partial charge in [0.15, 0.2) is 0 Å².